The summed E-state index contributed by atoms with van der Waals surface area (Å²) in [5.74, 6) is -0.174. The van der Waals surface area contributed by atoms with Crippen molar-refractivity contribution in [2.24, 2.45) is 0 Å². The third kappa shape index (κ3) is 3.02. The van der Waals surface area contributed by atoms with Crippen molar-refractivity contribution in [1.82, 2.24) is 14.5 Å². The number of thiazole rings is 1. The molecule has 0 saturated heterocycles. The van der Waals surface area contributed by atoms with E-state index in [2.05, 4.69) is 9.97 Å². The summed E-state index contributed by atoms with van der Waals surface area (Å²) in [7, 11) is 0. The van der Waals surface area contributed by atoms with Gasteiger partial charge in [0, 0.05) is 11.1 Å². The summed E-state index contributed by atoms with van der Waals surface area (Å²) in [6.45, 7) is 1.92. The number of hydrogen-bond acceptors (Lipinski definition) is 4. The summed E-state index contributed by atoms with van der Waals surface area (Å²) >= 11 is 1.44. The number of imidazole rings is 1. The minimum absolute atomic E-state index is 0.174. The number of nitrogens with zero attached hydrogens (tertiary/aromatic N) is 4. The van der Waals surface area contributed by atoms with E-state index in [0.29, 0.717) is 10.8 Å². The Morgan fingerprint density at radius 3 is 2.38 bits per heavy atom. The van der Waals surface area contributed by atoms with E-state index in [9.17, 15) is 4.79 Å². The van der Waals surface area contributed by atoms with Crippen molar-refractivity contribution in [2.45, 2.75) is 6.92 Å². The van der Waals surface area contributed by atoms with Gasteiger partial charge in [0.1, 0.15) is 5.69 Å². The Bertz CT molecular complexity index is 1020. The van der Waals surface area contributed by atoms with Crippen LogP contribution in [0.15, 0.2) is 78.6 Å². The van der Waals surface area contributed by atoms with Crippen LogP contribution in [0.5, 0.6) is 0 Å². The minimum atomic E-state index is -0.174. The average Bonchev–Trinajstić information content (AvgIpc) is 3.33. The maximum Gasteiger partial charge on any atom is 0.283 e. The lowest BCUT2D eigenvalue weighted by atomic mass is 10.2. The van der Waals surface area contributed by atoms with E-state index in [-0.39, 0.29) is 5.91 Å². The number of aryl methyl sites for hydroxylation is 1. The van der Waals surface area contributed by atoms with Crippen molar-refractivity contribution < 1.29 is 4.79 Å². The van der Waals surface area contributed by atoms with Crippen molar-refractivity contribution in [3.8, 4) is 5.69 Å². The van der Waals surface area contributed by atoms with E-state index < -0.39 is 0 Å². The van der Waals surface area contributed by atoms with Crippen LogP contribution in [0.1, 0.15) is 16.2 Å². The molecule has 128 valence electrons. The number of para-hydroxylation sites is 2. The van der Waals surface area contributed by atoms with Crippen molar-refractivity contribution >= 4 is 28.1 Å². The first-order valence-corrected chi connectivity index (χ1v) is 9.01. The first-order chi connectivity index (χ1) is 12.7. The van der Waals surface area contributed by atoms with Crippen LogP contribution < -0.4 is 4.90 Å². The molecule has 0 N–H and O–H groups in total. The zero-order chi connectivity index (χ0) is 17.9. The van der Waals surface area contributed by atoms with Gasteiger partial charge in [0.05, 0.1) is 23.9 Å². The van der Waals surface area contributed by atoms with Crippen LogP contribution >= 0.6 is 11.3 Å². The standard InChI is InChI=1S/C20H16N4OS/c1-15-13-26-20(22-15)24(17-10-6-3-7-11-17)19(25)18-12-21-14-23(18)16-8-4-2-5-9-16/h2-14H,1H3. The fourth-order valence-corrected chi connectivity index (χ4v) is 3.52. The summed E-state index contributed by atoms with van der Waals surface area (Å²) in [5.41, 5.74) is 3.02. The molecule has 0 atom stereocenters. The smallest absolute Gasteiger partial charge is 0.283 e. The maximum absolute atomic E-state index is 13.4. The molecule has 0 saturated carbocycles. The van der Waals surface area contributed by atoms with E-state index in [1.807, 2.05) is 73.0 Å². The highest BCUT2D eigenvalue weighted by Crippen LogP contribution is 2.30. The molecule has 0 bridgehead atoms. The van der Waals surface area contributed by atoms with Gasteiger partial charge in [-0.2, -0.15) is 0 Å². The van der Waals surface area contributed by atoms with Crippen LogP contribution in [0.3, 0.4) is 0 Å². The number of hydrogen-bond donors (Lipinski definition) is 0. The number of rotatable bonds is 4. The molecule has 4 aromatic rings. The number of benzene rings is 2. The molecule has 4 rings (SSSR count). The molecule has 1 amide bonds. The topological polar surface area (TPSA) is 51.0 Å². The quantitative estimate of drug-likeness (QED) is 0.534. The van der Waals surface area contributed by atoms with Gasteiger partial charge in [-0.05, 0) is 31.2 Å². The highest BCUT2D eigenvalue weighted by atomic mass is 32.1. The van der Waals surface area contributed by atoms with Crippen molar-refractivity contribution in [3.05, 3.63) is 90.0 Å². The Hall–Kier alpha value is -3.25. The molecule has 0 aliphatic heterocycles. The predicted octanol–water partition coefficient (Wildman–Crippen LogP) is 4.62. The second kappa shape index (κ2) is 6.93. The van der Waals surface area contributed by atoms with Gasteiger partial charge in [0.15, 0.2) is 5.13 Å². The lowest BCUT2D eigenvalue weighted by Gasteiger charge is -2.20. The maximum atomic E-state index is 13.4. The largest absolute Gasteiger partial charge is 0.295 e. The molecule has 26 heavy (non-hydrogen) atoms. The van der Waals surface area contributed by atoms with Gasteiger partial charge in [-0.3, -0.25) is 14.3 Å². The van der Waals surface area contributed by atoms with E-state index in [4.69, 9.17) is 0 Å². The van der Waals surface area contributed by atoms with Crippen LogP contribution in [0, 0.1) is 6.92 Å². The van der Waals surface area contributed by atoms with E-state index in [1.54, 1.807) is 22.0 Å². The zero-order valence-corrected chi connectivity index (χ0v) is 14.9. The number of carbonyl (C=O) groups excluding carboxylic acids is 1. The number of aromatic nitrogens is 3. The third-order valence-corrected chi connectivity index (χ3v) is 4.85. The van der Waals surface area contributed by atoms with Crippen molar-refractivity contribution in [3.63, 3.8) is 0 Å². The van der Waals surface area contributed by atoms with Gasteiger partial charge in [0.2, 0.25) is 0 Å². The molecular formula is C20H16N4OS. The second-order valence-corrected chi connectivity index (χ2v) is 6.57. The van der Waals surface area contributed by atoms with Crippen molar-refractivity contribution in [2.75, 3.05) is 4.90 Å². The lowest BCUT2D eigenvalue weighted by Crippen LogP contribution is -2.27. The zero-order valence-electron chi connectivity index (χ0n) is 14.1. The highest BCUT2D eigenvalue weighted by molar-refractivity contribution is 7.14. The molecule has 0 radical (unpaired) electrons. The molecular weight excluding hydrogens is 344 g/mol. The SMILES string of the molecule is Cc1csc(N(C(=O)c2cncn2-c2ccccc2)c2ccccc2)n1. The van der Waals surface area contributed by atoms with Crippen LogP contribution in [0.4, 0.5) is 10.8 Å². The molecule has 0 spiro atoms. The van der Waals surface area contributed by atoms with Crippen molar-refractivity contribution in [1.29, 1.82) is 0 Å². The van der Waals surface area contributed by atoms with Gasteiger partial charge in [0.25, 0.3) is 5.91 Å². The van der Waals surface area contributed by atoms with Gasteiger partial charge in [-0.1, -0.05) is 36.4 Å². The first kappa shape index (κ1) is 16.2. The minimum Gasteiger partial charge on any atom is -0.295 e. The normalized spacial score (nSPS) is 10.7. The van der Waals surface area contributed by atoms with Crippen LogP contribution in [-0.2, 0) is 0 Å². The summed E-state index contributed by atoms with van der Waals surface area (Å²) < 4.78 is 1.79. The first-order valence-electron chi connectivity index (χ1n) is 8.13. The Morgan fingerprint density at radius 2 is 1.73 bits per heavy atom. The molecule has 0 fully saturated rings. The predicted molar refractivity (Wildman–Crippen MR) is 103 cm³/mol. The van der Waals surface area contributed by atoms with Gasteiger partial charge >= 0.3 is 0 Å². The Balaban J connectivity index is 1.81. The lowest BCUT2D eigenvalue weighted by molar-refractivity contribution is 0.0993. The van der Waals surface area contributed by atoms with E-state index in [1.165, 1.54) is 11.3 Å². The van der Waals surface area contributed by atoms with Gasteiger partial charge in [-0.15, -0.1) is 11.3 Å². The molecule has 2 heterocycles. The molecule has 6 heteroatoms. The molecule has 2 aromatic carbocycles. The summed E-state index contributed by atoms with van der Waals surface area (Å²) in [6.07, 6.45) is 3.24. The van der Waals surface area contributed by atoms with Crippen LogP contribution in [0.2, 0.25) is 0 Å². The number of amides is 1. The monoisotopic (exact) mass is 360 g/mol. The second-order valence-electron chi connectivity index (χ2n) is 5.73. The average molecular weight is 360 g/mol. The van der Waals surface area contributed by atoms with Crippen LogP contribution in [0.25, 0.3) is 5.69 Å². The third-order valence-electron chi connectivity index (χ3n) is 3.91. The number of carbonyl (C=O) groups is 1. The summed E-state index contributed by atoms with van der Waals surface area (Å²) in [4.78, 5) is 23.8. The summed E-state index contributed by atoms with van der Waals surface area (Å²) in [5, 5.41) is 2.58. The highest BCUT2D eigenvalue weighted by Gasteiger charge is 2.25. The van der Waals surface area contributed by atoms with Crippen LogP contribution in [-0.4, -0.2) is 20.4 Å². The van der Waals surface area contributed by atoms with Gasteiger partial charge in [-0.25, -0.2) is 9.97 Å². The summed E-state index contributed by atoms with van der Waals surface area (Å²) in [6, 6.07) is 19.2. The fraction of sp³-hybridized carbons (Fsp3) is 0.0500. The Labute approximate surface area is 155 Å². The molecule has 0 aliphatic carbocycles. The van der Waals surface area contributed by atoms with E-state index >= 15 is 0 Å². The number of anilines is 2. The molecule has 0 aliphatic rings. The van der Waals surface area contributed by atoms with E-state index in [0.717, 1.165) is 17.1 Å². The van der Waals surface area contributed by atoms with Gasteiger partial charge < -0.3 is 0 Å². The fourth-order valence-electron chi connectivity index (χ4n) is 2.70. The Morgan fingerprint density at radius 1 is 1.04 bits per heavy atom. The molecule has 5 nitrogen and oxygen atoms in total. The Kier molecular flexibility index (Phi) is 4.33. The molecule has 2 aromatic heterocycles. The molecule has 0 unspecified atom stereocenters.